The summed E-state index contributed by atoms with van der Waals surface area (Å²) in [5.41, 5.74) is 7.35. The summed E-state index contributed by atoms with van der Waals surface area (Å²) in [4.78, 5) is 14.4. The first-order valence-corrected chi connectivity index (χ1v) is 9.17. The van der Waals surface area contributed by atoms with Crippen molar-refractivity contribution in [1.82, 2.24) is 4.57 Å². The number of aromatic nitrogens is 1. The van der Waals surface area contributed by atoms with E-state index in [0.717, 1.165) is 35.1 Å². The summed E-state index contributed by atoms with van der Waals surface area (Å²) < 4.78 is 2.33. The molecule has 0 bridgehead atoms. The Hall–Kier alpha value is -1.87. The van der Waals surface area contributed by atoms with Gasteiger partial charge in [0.05, 0.1) is 16.1 Å². The van der Waals surface area contributed by atoms with Crippen LogP contribution in [0, 0.1) is 6.92 Å². The van der Waals surface area contributed by atoms with Crippen LogP contribution in [0.1, 0.15) is 48.9 Å². The van der Waals surface area contributed by atoms with E-state index in [9.17, 15) is 4.79 Å². The molecule has 2 nitrogen and oxygen atoms in total. The molecule has 118 valence electrons. The smallest absolute Gasteiger partial charge is 0.193 e. The van der Waals surface area contributed by atoms with Crippen LogP contribution in [0.2, 0.25) is 0 Å². The number of hydrogen-bond acceptors (Lipinski definition) is 2. The van der Waals surface area contributed by atoms with E-state index in [2.05, 4.69) is 55.8 Å². The second-order valence-corrected chi connectivity index (χ2v) is 7.61. The highest BCUT2D eigenvalue weighted by Crippen LogP contribution is 2.42. The molecule has 3 aromatic rings. The molecule has 0 spiro atoms. The molecule has 0 aliphatic heterocycles. The molecule has 0 N–H and O–H groups in total. The molecule has 0 saturated carbocycles. The van der Waals surface area contributed by atoms with E-state index in [0.29, 0.717) is 5.92 Å². The molecule has 1 aromatic carbocycles. The average Bonchev–Trinajstić information content (AvgIpc) is 3.08. The molecular formula is C20H21NOS. The van der Waals surface area contributed by atoms with E-state index in [1.54, 1.807) is 11.3 Å². The lowest BCUT2D eigenvalue weighted by Crippen LogP contribution is -2.15. The van der Waals surface area contributed by atoms with Crippen LogP contribution in [0.5, 0.6) is 0 Å². The van der Waals surface area contributed by atoms with Gasteiger partial charge in [-0.3, -0.25) is 4.79 Å². The number of hydrogen-bond donors (Lipinski definition) is 0. The van der Waals surface area contributed by atoms with E-state index < -0.39 is 0 Å². The van der Waals surface area contributed by atoms with Gasteiger partial charge in [-0.05, 0) is 54.0 Å². The number of aryl methyl sites for hydroxylation is 2. The SMILES string of the molecule is CCn1c2c(c(=O)c3cc(C(C)C)ccc31)Cc1c(C)csc1-2. The molecule has 0 unspecified atom stereocenters. The lowest BCUT2D eigenvalue weighted by Gasteiger charge is -2.16. The Bertz CT molecular complexity index is 991. The van der Waals surface area contributed by atoms with Crippen LogP contribution in [0.15, 0.2) is 28.4 Å². The lowest BCUT2D eigenvalue weighted by molar-refractivity contribution is 0.793. The summed E-state index contributed by atoms with van der Waals surface area (Å²) in [5, 5.41) is 3.09. The van der Waals surface area contributed by atoms with Gasteiger partial charge >= 0.3 is 0 Å². The van der Waals surface area contributed by atoms with Gasteiger partial charge in [-0.2, -0.15) is 0 Å². The van der Waals surface area contributed by atoms with Crippen molar-refractivity contribution in [3.05, 3.63) is 56.1 Å². The molecule has 0 atom stereocenters. The summed E-state index contributed by atoms with van der Waals surface area (Å²) in [5.74, 6) is 0.436. The third-order valence-electron chi connectivity index (χ3n) is 5.04. The van der Waals surface area contributed by atoms with E-state index in [1.807, 2.05) is 0 Å². The fourth-order valence-electron chi connectivity index (χ4n) is 3.70. The Morgan fingerprint density at radius 1 is 1.26 bits per heavy atom. The first-order chi connectivity index (χ1) is 11.0. The van der Waals surface area contributed by atoms with E-state index >= 15 is 0 Å². The minimum atomic E-state index is 0.227. The third kappa shape index (κ3) is 1.96. The van der Waals surface area contributed by atoms with Gasteiger partial charge in [-0.15, -0.1) is 11.3 Å². The van der Waals surface area contributed by atoms with Gasteiger partial charge in [0.25, 0.3) is 0 Å². The summed E-state index contributed by atoms with van der Waals surface area (Å²) in [6.45, 7) is 9.55. The first-order valence-electron chi connectivity index (χ1n) is 8.29. The molecule has 0 amide bonds. The first kappa shape index (κ1) is 14.7. The van der Waals surface area contributed by atoms with Crippen LogP contribution in [-0.2, 0) is 13.0 Å². The highest BCUT2D eigenvalue weighted by molar-refractivity contribution is 7.14. The molecule has 2 heterocycles. The van der Waals surface area contributed by atoms with Gasteiger partial charge in [-0.1, -0.05) is 19.9 Å². The maximum Gasteiger partial charge on any atom is 0.193 e. The topological polar surface area (TPSA) is 22.0 Å². The van der Waals surface area contributed by atoms with E-state index in [-0.39, 0.29) is 5.43 Å². The second kappa shape index (κ2) is 5.07. The Balaban J connectivity index is 2.12. The van der Waals surface area contributed by atoms with Gasteiger partial charge < -0.3 is 4.57 Å². The summed E-state index contributed by atoms with van der Waals surface area (Å²) >= 11 is 1.78. The van der Waals surface area contributed by atoms with Crippen molar-refractivity contribution in [2.45, 2.75) is 46.6 Å². The Kier molecular flexibility index (Phi) is 3.24. The standard InChI is InChI=1S/C20H21NOS/c1-5-21-17-7-6-13(11(2)3)8-15(17)19(22)16-9-14-12(4)10-23-20(14)18(16)21/h6-8,10-11H,5,9H2,1-4H3. The van der Waals surface area contributed by atoms with Crippen molar-refractivity contribution in [3.8, 4) is 10.6 Å². The van der Waals surface area contributed by atoms with Crippen molar-refractivity contribution in [2.75, 3.05) is 0 Å². The average molecular weight is 323 g/mol. The Morgan fingerprint density at radius 2 is 2.04 bits per heavy atom. The molecule has 2 aromatic heterocycles. The number of thiophene rings is 1. The van der Waals surface area contributed by atoms with Gasteiger partial charge in [0.1, 0.15) is 0 Å². The predicted molar refractivity (Wildman–Crippen MR) is 98.8 cm³/mol. The van der Waals surface area contributed by atoms with Crippen molar-refractivity contribution in [1.29, 1.82) is 0 Å². The molecule has 0 radical (unpaired) electrons. The molecule has 23 heavy (non-hydrogen) atoms. The molecule has 4 rings (SSSR count). The van der Waals surface area contributed by atoms with Crippen LogP contribution in [0.3, 0.4) is 0 Å². The van der Waals surface area contributed by atoms with Gasteiger partial charge in [0.2, 0.25) is 0 Å². The van der Waals surface area contributed by atoms with Crippen LogP contribution < -0.4 is 5.43 Å². The van der Waals surface area contributed by atoms with Crippen LogP contribution in [0.4, 0.5) is 0 Å². The number of benzene rings is 1. The fraction of sp³-hybridized carbons (Fsp3) is 0.350. The molecule has 0 fully saturated rings. The fourth-order valence-corrected chi connectivity index (χ4v) is 4.86. The zero-order valence-corrected chi connectivity index (χ0v) is 14.9. The van der Waals surface area contributed by atoms with Crippen molar-refractivity contribution < 1.29 is 0 Å². The predicted octanol–water partition coefficient (Wildman–Crippen LogP) is 5.09. The lowest BCUT2D eigenvalue weighted by atomic mass is 9.99. The normalized spacial score (nSPS) is 12.9. The number of nitrogens with zero attached hydrogens (tertiary/aromatic N) is 1. The highest BCUT2D eigenvalue weighted by atomic mass is 32.1. The van der Waals surface area contributed by atoms with Crippen LogP contribution in [0.25, 0.3) is 21.5 Å². The molecule has 1 aliphatic carbocycles. The van der Waals surface area contributed by atoms with Crippen molar-refractivity contribution in [2.24, 2.45) is 0 Å². The number of pyridine rings is 1. The monoisotopic (exact) mass is 323 g/mol. The Morgan fingerprint density at radius 3 is 2.74 bits per heavy atom. The Labute approximate surface area is 140 Å². The number of rotatable bonds is 2. The maximum atomic E-state index is 13.1. The van der Waals surface area contributed by atoms with Crippen molar-refractivity contribution >= 4 is 22.2 Å². The van der Waals surface area contributed by atoms with E-state index in [4.69, 9.17) is 0 Å². The zero-order chi connectivity index (χ0) is 16.3. The quantitative estimate of drug-likeness (QED) is 0.504. The van der Waals surface area contributed by atoms with E-state index in [1.165, 1.54) is 21.6 Å². The van der Waals surface area contributed by atoms with Gasteiger partial charge in [-0.25, -0.2) is 0 Å². The van der Waals surface area contributed by atoms with Gasteiger partial charge in [0, 0.05) is 23.9 Å². The van der Waals surface area contributed by atoms with Crippen molar-refractivity contribution in [3.63, 3.8) is 0 Å². The largest absolute Gasteiger partial charge is 0.340 e. The van der Waals surface area contributed by atoms with Crippen LogP contribution >= 0.6 is 11.3 Å². The highest BCUT2D eigenvalue weighted by Gasteiger charge is 2.28. The summed E-state index contributed by atoms with van der Waals surface area (Å²) in [6, 6.07) is 6.41. The molecule has 3 heteroatoms. The third-order valence-corrected chi connectivity index (χ3v) is 6.19. The maximum absolute atomic E-state index is 13.1. The van der Waals surface area contributed by atoms with Gasteiger partial charge in [0.15, 0.2) is 5.43 Å². The minimum Gasteiger partial charge on any atom is -0.340 e. The molecule has 0 saturated heterocycles. The number of fused-ring (bicyclic) bond motifs is 4. The molecule has 1 aliphatic rings. The zero-order valence-electron chi connectivity index (χ0n) is 14.1. The second-order valence-electron chi connectivity index (χ2n) is 6.73. The van der Waals surface area contributed by atoms with Crippen LogP contribution in [-0.4, -0.2) is 4.57 Å². The molecular weight excluding hydrogens is 302 g/mol. The minimum absolute atomic E-state index is 0.227. The summed E-state index contributed by atoms with van der Waals surface area (Å²) in [6.07, 6.45) is 0.792. The summed E-state index contributed by atoms with van der Waals surface area (Å²) in [7, 11) is 0.